The van der Waals surface area contributed by atoms with Crippen molar-refractivity contribution >= 4 is 18.2 Å². The van der Waals surface area contributed by atoms with Gasteiger partial charge in [0.2, 0.25) is 0 Å². The van der Waals surface area contributed by atoms with Crippen molar-refractivity contribution in [2.24, 2.45) is 4.99 Å². The Balaban J connectivity index is 2.20. The maximum Gasteiger partial charge on any atom is 0.333 e. The third kappa shape index (κ3) is 5.83. The second kappa shape index (κ2) is 12.0. The molecule has 0 spiro atoms. The first-order valence-electron chi connectivity index (χ1n) is 10.9. The Morgan fingerprint density at radius 1 is 1.12 bits per heavy atom. The predicted molar refractivity (Wildman–Crippen MR) is 128 cm³/mol. The molecule has 2 aromatic heterocycles. The molecule has 9 nitrogen and oxygen atoms in total. The monoisotopic (exact) mass is 469 g/mol. The van der Waals surface area contributed by atoms with Crippen LogP contribution in [-0.4, -0.2) is 45.9 Å². The third-order valence-electron chi connectivity index (χ3n) is 5.21. The number of hydrogen-bond acceptors (Lipinski definition) is 7. The summed E-state index contributed by atoms with van der Waals surface area (Å²) in [5.74, 6) is -0.264. The maximum absolute atomic E-state index is 13.5. The third-order valence-corrected chi connectivity index (χ3v) is 5.21. The number of pyridine rings is 1. The van der Waals surface area contributed by atoms with E-state index in [1.807, 2.05) is 6.92 Å². The molecule has 0 aliphatic carbocycles. The molecule has 34 heavy (non-hydrogen) atoms. The van der Waals surface area contributed by atoms with E-state index in [1.54, 1.807) is 41.6 Å². The number of ether oxygens (including phenoxy) is 1. The summed E-state index contributed by atoms with van der Waals surface area (Å²) in [5.41, 5.74) is 0.548. The van der Waals surface area contributed by atoms with Gasteiger partial charge in [-0.25, -0.2) is 14.2 Å². The van der Waals surface area contributed by atoms with Crippen LogP contribution in [-0.2, 0) is 24.4 Å². The molecular formula is C24H28FN5O4. The molecule has 10 heteroatoms. The molecule has 0 fully saturated rings. The van der Waals surface area contributed by atoms with Crippen LogP contribution in [0.25, 0.3) is 0 Å². The van der Waals surface area contributed by atoms with Crippen LogP contribution in [0.5, 0.6) is 0 Å². The van der Waals surface area contributed by atoms with Gasteiger partial charge in [0.1, 0.15) is 18.2 Å². The fourth-order valence-electron chi connectivity index (χ4n) is 3.55. The Morgan fingerprint density at radius 3 is 2.44 bits per heavy atom. The molecule has 0 saturated heterocycles. The summed E-state index contributed by atoms with van der Waals surface area (Å²) >= 11 is 0. The number of hydrogen-bond donors (Lipinski definition) is 1. The smallest absolute Gasteiger partial charge is 0.333 e. The largest absolute Gasteiger partial charge is 0.396 e. The number of nitrogens with zero attached hydrogens (tertiary/aromatic N) is 5. The minimum Gasteiger partial charge on any atom is -0.396 e. The lowest BCUT2D eigenvalue weighted by Crippen LogP contribution is -2.44. The Labute approximate surface area is 196 Å². The number of benzene rings is 1. The van der Waals surface area contributed by atoms with Gasteiger partial charge in [0.05, 0.1) is 6.54 Å². The van der Waals surface area contributed by atoms with E-state index in [-0.39, 0.29) is 56.7 Å². The standard InChI is InChI=1S/C24H28FN5O4/c1-3-34-17-28(15-18-5-7-20(25)8-6-18)21-22(26-2)30(16-19-9-11-27-12-10-19)24(33)29(23(21)32)13-4-14-31/h5-12,31H,2-4,13-17H2,1H3. The number of halogens is 1. The first kappa shape index (κ1) is 25.0. The number of rotatable bonds is 12. The van der Waals surface area contributed by atoms with Crippen LogP contribution < -0.4 is 16.1 Å². The average molecular weight is 470 g/mol. The highest BCUT2D eigenvalue weighted by molar-refractivity contribution is 5.64. The van der Waals surface area contributed by atoms with Crippen LogP contribution in [0.4, 0.5) is 15.9 Å². The predicted octanol–water partition coefficient (Wildman–Crippen LogP) is 2.31. The normalized spacial score (nSPS) is 10.9. The van der Waals surface area contributed by atoms with Crippen molar-refractivity contribution in [3.05, 3.63) is 86.6 Å². The van der Waals surface area contributed by atoms with Crippen LogP contribution in [0, 0.1) is 5.82 Å². The van der Waals surface area contributed by atoms with Gasteiger partial charge in [0.15, 0.2) is 5.82 Å². The first-order chi connectivity index (χ1) is 16.5. The molecule has 0 aliphatic heterocycles. The fraction of sp³-hybridized carbons (Fsp3) is 0.333. The lowest BCUT2D eigenvalue weighted by atomic mass is 10.2. The molecule has 0 atom stereocenters. The molecule has 3 rings (SSSR count). The number of anilines is 1. The zero-order valence-corrected chi connectivity index (χ0v) is 19.1. The molecule has 0 aliphatic rings. The van der Waals surface area contributed by atoms with Gasteiger partial charge in [-0.2, -0.15) is 0 Å². The summed E-state index contributed by atoms with van der Waals surface area (Å²) in [6.07, 6.45) is 3.45. The van der Waals surface area contributed by atoms with E-state index < -0.39 is 11.2 Å². The Morgan fingerprint density at radius 2 is 1.82 bits per heavy atom. The topological polar surface area (TPSA) is 102 Å². The van der Waals surface area contributed by atoms with Gasteiger partial charge in [0, 0.05) is 38.7 Å². The molecule has 0 bridgehead atoms. The molecule has 180 valence electrons. The zero-order valence-electron chi connectivity index (χ0n) is 19.1. The van der Waals surface area contributed by atoms with Crippen LogP contribution >= 0.6 is 0 Å². The van der Waals surface area contributed by atoms with E-state index in [0.717, 1.165) is 15.7 Å². The van der Waals surface area contributed by atoms with Crippen LogP contribution in [0.3, 0.4) is 0 Å². The Bertz CT molecular complexity index is 1210. The van der Waals surface area contributed by atoms with Crippen molar-refractivity contribution in [3.63, 3.8) is 0 Å². The second-order valence-electron chi connectivity index (χ2n) is 7.53. The summed E-state index contributed by atoms with van der Waals surface area (Å²) in [6, 6.07) is 9.44. The van der Waals surface area contributed by atoms with Gasteiger partial charge >= 0.3 is 5.69 Å². The Kier molecular flexibility index (Phi) is 8.83. The van der Waals surface area contributed by atoms with E-state index in [9.17, 15) is 19.1 Å². The Hall–Kier alpha value is -3.63. The van der Waals surface area contributed by atoms with Crippen molar-refractivity contribution in [1.82, 2.24) is 14.1 Å². The number of aliphatic imine (C=N–C) groups is 1. The highest BCUT2D eigenvalue weighted by atomic mass is 19.1. The van der Waals surface area contributed by atoms with E-state index in [0.29, 0.717) is 6.61 Å². The molecule has 1 N–H and O–H groups in total. The summed E-state index contributed by atoms with van der Waals surface area (Å²) in [4.78, 5) is 36.6. The van der Waals surface area contributed by atoms with Crippen molar-refractivity contribution in [2.75, 3.05) is 24.8 Å². The van der Waals surface area contributed by atoms with Gasteiger partial charge in [-0.3, -0.25) is 18.9 Å². The number of aliphatic hydroxyl groups is 1. The highest BCUT2D eigenvalue weighted by Crippen LogP contribution is 2.26. The van der Waals surface area contributed by atoms with Gasteiger partial charge in [0.25, 0.3) is 5.56 Å². The maximum atomic E-state index is 13.5. The van der Waals surface area contributed by atoms with Gasteiger partial charge in [-0.1, -0.05) is 12.1 Å². The van der Waals surface area contributed by atoms with Crippen molar-refractivity contribution in [2.45, 2.75) is 33.0 Å². The van der Waals surface area contributed by atoms with E-state index >= 15 is 0 Å². The summed E-state index contributed by atoms with van der Waals surface area (Å²) in [5, 5.41) is 9.31. The van der Waals surface area contributed by atoms with Crippen LogP contribution in [0.2, 0.25) is 0 Å². The zero-order chi connectivity index (χ0) is 24.5. The summed E-state index contributed by atoms with van der Waals surface area (Å²) in [7, 11) is 0. The number of aliphatic hydroxyl groups excluding tert-OH is 1. The first-order valence-corrected chi connectivity index (χ1v) is 10.9. The van der Waals surface area contributed by atoms with Crippen molar-refractivity contribution < 1.29 is 14.2 Å². The molecule has 0 radical (unpaired) electrons. The molecule has 2 heterocycles. The van der Waals surface area contributed by atoms with E-state index in [1.165, 1.54) is 16.7 Å². The summed E-state index contributed by atoms with van der Waals surface area (Å²) in [6.45, 7) is 6.10. The quantitative estimate of drug-likeness (QED) is 0.323. The van der Waals surface area contributed by atoms with Crippen molar-refractivity contribution in [3.8, 4) is 0 Å². The molecule has 1 aromatic carbocycles. The van der Waals surface area contributed by atoms with E-state index in [2.05, 4.69) is 16.7 Å². The average Bonchev–Trinajstić information content (AvgIpc) is 2.85. The molecule has 0 unspecified atom stereocenters. The van der Waals surface area contributed by atoms with Gasteiger partial charge < -0.3 is 14.7 Å². The van der Waals surface area contributed by atoms with Crippen molar-refractivity contribution in [1.29, 1.82) is 0 Å². The van der Waals surface area contributed by atoms with Crippen LogP contribution in [0.1, 0.15) is 24.5 Å². The molecular weight excluding hydrogens is 441 g/mol. The lowest BCUT2D eigenvalue weighted by Gasteiger charge is -2.27. The minimum atomic E-state index is -0.561. The summed E-state index contributed by atoms with van der Waals surface area (Å²) < 4.78 is 21.5. The highest BCUT2D eigenvalue weighted by Gasteiger charge is 2.24. The molecule has 3 aromatic rings. The lowest BCUT2D eigenvalue weighted by molar-refractivity contribution is 0.146. The SMILES string of the molecule is C=Nc1c(N(COCC)Cc2ccc(F)cc2)c(=O)n(CCCO)c(=O)n1Cc1ccncc1. The van der Waals surface area contributed by atoms with Gasteiger partial charge in [-0.05, 0) is 55.5 Å². The fourth-order valence-corrected chi connectivity index (χ4v) is 3.55. The molecule has 0 amide bonds. The van der Waals surface area contributed by atoms with E-state index in [4.69, 9.17) is 4.74 Å². The van der Waals surface area contributed by atoms with Crippen LogP contribution in [0.15, 0.2) is 63.4 Å². The number of aromatic nitrogens is 3. The second-order valence-corrected chi connectivity index (χ2v) is 7.53. The molecule has 0 saturated carbocycles. The van der Waals surface area contributed by atoms with Gasteiger partial charge in [-0.15, -0.1) is 0 Å². The minimum absolute atomic E-state index is 0.0357.